The maximum atomic E-state index is 12.3. The predicted molar refractivity (Wildman–Crippen MR) is 182 cm³/mol. The van der Waals surface area contributed by atoms with Gasteiger partial charge in [-0.25, -0.2) is 0 Å². The van der Waals surface area contributed by atoms with Gasteiger partial charge in [-0.1, -0.05) is 60.5 Å². The van der Waals surface area contributed by atoms with Gasteiger partial charge in [-0.05, 0) is 119 Å². The molecule has 248 valence electrons. The molecule has 0 aliphatic carbocycles. The Bertz CT molecular complexity index is 603. The van der Waals surface area contributed by atoms with Gasteiger partial charge in [0.05, 0.1) is 12.2 Å². The number of Topliss-reactive ketones (excluding diaryl/α,β-unsaturated/α-hetero) is 1. The number of aliphatic hydroxyl groups is 1. The number of hydrogen-bond donors (Lipinski definition) is 1. The first-order chi connectivity index (χ1) is 19.2. The number of carbonyl (C=O) groups is 1. The quantitative estimate of drug-likeness (QED) is 0.191. The minimum absolute atomic E-state index is 0.0173. The van der Waals surface area contributed by atoms with Crippen LogP contribution < -0.4 is 0 Å². The van der Waals surface area contributed by atoms with Gasteiger partial charge in [0.15, 0.2) is 0 Å². The van der Waals surface area contributed by atoms with E-state index in [9.17, 15) is 4.79 Å². The van der Waals surface area contributed by atoms with E-state index in [1.807, 2.05) is 6.92 Å². The second-order valence-electron chi connectivity index (χ2n) is 13.1. The number of aliphatic hydroxyl groups excluding tert-OH is 1. The van der Waals surface area contributed by atoms with Gasteiger partial charge in [0, 0.05) is 25.0 Å². The Hall–Kier alpha value is -0.790. The van der Waals surface area contributed by atoms with Crippen LogP contribution in [0.1, 0.15) is 113 Å². The summed E-state index contributed by atoms with van der Waals surface area (Å²) in [5, 5.41) is 7.00. The molecule has 0 amide bonds. The van der Waals surface area contributed by atoms with Crippen molar-refractivity contribution in [3.63, 3.8) is 0 Å². The van der Waals surface area contributed by atoms with Gasteiger partial charge in [-0.3, -0.25) is 4.79 Å². The molecule has 1 rings (SSSR count). The second kappa shape index (κ2) is 26.8. The van der Waals surface area contributed by atoms with Crippen molar-refractivity contribution in [3.05, 3.63) is 12.7 Å². The lowest BCUT2D eigenvalue weighted by molar-refractivity contribution is -0.125. The van der Waals surface area contributed by atoms with E-state index in [2.05, 4.69) is 105 Å². The van der Waals surface area contributed by atoms with Gasteiger partial charge in [-0.15, -0.1) is 6.58 Å². The Kier molecular flexibility index (Phi) is 29.2. The summed E-state index contributed by atoms with van der Waals surface area (Å²) in [5.74, 6) is 0.460. The van der Waals surface area contributed by atoms with E-state index in [1.54, 1.807) is 6.08 Å². The average Bonchev–Trinajstić information content (AvgIpc) is 2.92. The normalized spacial score (nSPS) is 21.4. The molecule has 0 aromatic heterocycles. The highest BCUT2D eigenvalue weighted by Gasteiger charge is 2.29. The summed E-state index contributed by atoms with van der Waals surface area (Å²) in [6, 6.07) is 0.716. The first kappa shape index (κ1) is 44.6. The zero-order valence-electron chi connectivity index (χ0n) is 30.3. The van der Waals surface area contributed by atoms with Crippen LogP contribution in [0.2, 0.25) is 0 Å². The lowest BCUT2D eigenvalue weighted by atomic mass is 9.74. The van der Waals surface area contributed by atoms with Gasteiger partial charge >= 0.3 is 0 Å². The molecular formula is C35H75N3O3. The van der Waals surface area contributed by atoms with E-state index in [0.717, 1.165) is 20.0 Å². The molecule has 0 aromatic rings. The van der Waals surface area contributed by atoms with Crippen LogP contribution in [-0.4, -0.2) is 106 Å². The van der Waals surface area contributed by atoms with E-state index in [1.165, 1.54) is 64.6 Å². The Morgan fingerprint density at radius 1 is 0.951 bits per heavy atom. The van der Waals surface area contributed by atoms with Crippen LogP contribution in [0, 0.1) is 17.3 Å². The van der Waals surface area contributed by atoms with Crippen LogP contribution >= 0.6 is 0 Å². The zero-order valence-corrected chi connectivity index (χ0v) is 30.3. The van der Waals surface area contributed by atoms with Crippen LogP contribution in [0.3, 0.4) is 0 Å². The molecule has 6 nitrogen and oxygen atoms in total. The van der Waals surface area contributed by atoms with Crippen LogP contribution in [0.25, 0.3) is 0 Å². The summed E-state index contributed by atoms with van der Waals surface area (Å²) in [4.78, 5) is 19.2. The van der Waals surface area contributed by atoms with Gasteiger partial charge < -0.3 is 24.5 Å². The number of hydrogen-bond acceptors (Lipinski definition) is 6. The fourth-order valence-electron chi connectivity index (χ4n) is 5.38. The lowest BCUT2D eigenvalue weighted by Gasteiger charge is -2.35. The smallest absolute Gasteiger partial charge is 0.142 e. The fourth-order valence-corrected chi connectivity index (χ4v) is 5.38. The maximum Gasteiger partial charge on any atom is 0.142 e. The number of ether oxygens (including phenoxy) is 1. The molecule has 0 spiro atoms. The van der Waals surface area contributed by atoms with E-state index in [-0.39, 0.29) is 17.3 Å². The first-order valence-electron chi connectivity index (χ1n) is 16.4. The molecule has 1 aliphatic rings. The number of rotatable bonds is 16. The zero-order chi connectivity index (χ0) is 32.6. The summed E-state index contributed by atoms with van der Waals surface area (Å²) in [6.07, 6.45) is 13.4. The van der Waals surface area contributed by atoms with Crippen molar-refractivity contribution in [2.24, 2.45) is 17.3 Å². The molecule has 0 bridgehead atoms. The van der Waals surface area contributed by atoms with Crippen LogP contribution in [0.5, 0.6) is 0 Å². The molecule has 41 heavy (non-hydrogen) atoms. The SMILES string of the molecule is C=CC(C)C(=O)[C@H](C)C[C@](C)(CC)CCCN(C)CCCC.CC1CC(N(C)C)CC(C)O1.CCCN(C)C.CO. The number of allylic oxidation sites excluding steroid dienone is 1. The molecule has 1 aliphatic heterocycles. The lowest BCUT2D eigenvalue weighted by Crippen LogP contribution is -2.40. The average molecular weight is 586 g/mol. The number of ketones is 1. The molecule has 6 heteroatoms. The topological polar surface area (TPSA) is 56.2 Å². The third-order valence-corrected chi connectivity index (χ3v) is 8.23. The monoisotopic (exact) mass is 586 g/mol. The molecule has 3 unspecified atom stereocenters. The van der Waals surface area contributed by atoms with Crippen molar-refractivity contribution in [1.29, 1.82) is 0 Å². The molecule has 0 saturated carbocycles. The van der Waals surface area contributed by atoms with E-state index >= 15 is 0 Å². The van der Waals surface area contributed by atoms with Crippen molar-refractivity contribution in [1.82, 2.24) is 14.7 Å². The van der Waals surface area contributed by atoms with Crippen molar-refractivity contribution >= 4 is 5.78 Å². The first-order valence-corrected chi connectivity index (χ1v) is 16.4. The molecule has 0 aromatic carbocycles. The Morgan fingerprint density at radius 3 is 1.83 bits per heavy atom. The largest absolute Gasteiger partial charge is 0.400 e. The summed E-state index contributed by atoms with van der Waals surface area (Å²) < 4.78 is 5.64. The highest BCUT2D eigenvalue weighted by Crippen LogP contribution is 2.35. The minimum Gasteiger partial charge on any atom is -0.400 e. The predicted octanol–water partition coefficient (Wildman–Crippen LogP) is 7.40. The Labute approximate surface area is 258 Å². The summed E-state index contributed by atoms with van der Waals surface area (Å²) >= 11 is 0. The number of unbranched alkanes of at least 4 members (excludes halogenated alkanes) is 1. The molecule has 1 N–H and O–H groups in total. The van der Waals surface area contributed by atoms with E-state index in [0.29, 0.717) is 24.0 Å². The van der Waals surface area contributed by atoms with Crippen molar-refractivity contribution < 1.29 is 14.6 Å². The molecule has 0 radical (unpaired) electrons. The summed E-state index contributed by atoms with van der Waals surface area (Å²) in [6.45, 7) is 24.7. The standard InChI is InChI=1S/C20H39NO.C9H19NO.C5H13N.CH4O/c1-8-11-14-21(7)15-12-13-20(6,10-3)16-18(5)19(22)17(4)9-2;1-7-5-9(10(3)4)6-8(2)11-7;1-4-5-6(2)3;1-2/h9,17-18H,2,8,10-16H2,1,3-7H3;7-9H,5-6H2,1-4H3;4-5H2,1-3H3;2H,1H3/t17?,18-,20-;;;/m1.../s1. The highest BCUT2D eigenvalue weighted by atomic mass is 16.5. The van der Waals surface area contributed by atoms with Crippen LogP contribution in [0.4, 0.5) is 0 Å². The molecular weight excluding hydrogens is 510 g/mol. The van der Waals surface area contributed by atoms with E-state index < -0.39 is 0 Å². The van der Waals surface area contributed by atoms with E-state index in [4.69, 9.17) is 9.84 Å². The Morgan fingerprint density at radius 2 is 1.46 bits per heavy atom. The third-order valence-electron chi connectivity index (χ3n) is 8.23. The van der Waals surface area contributed by atoms with Crippen molar-refractivity contribution in [3.8, 4) is 0 Å². The summed E-state index contributed by atoms with van der Waals surface area (Å²) in [5.41, 5.74) is 0.279. The molecule has 1 fully saturated rings. The molecule has 5 atom stereocenters. The Balaban J connectivity index is -0.000000623. The van der Waals surface area contributed by atoms with Crippen LogP contribution in [-0.2, 0) is 9.53 Å². The number of carbonyl (C=O) groups excluding carboxylic acids is 1. The highest BCUT2D eigenvalue weighted by molar-refractivity contribution is 5.84. The summed E-state index contributed by atoms with van der Waals surface area (Å²) in [7, 11) is 11.7. The van der Waals surface area contributed by atoms with Gasteiger partial charge in [-0.2, -0.15) is 0 Å². The third kappa shape index (κ3) is 24.4. The van der Waals surface area contributed by atoms with Crippen LogP contribution in [0.15, 0.2) is 12.7 Å². The van der Waals surface area contributed by atoms with Gasteiger partial charge in [0.25, 0.3) is 0 Å². The minimum atomic E-state index is -0.0173. The molecule has 1 heterocycles. The van der Waals surface area contributed by atoms with Crippen molar-refractivity contribution in [2.45, 2.75) is 131 Å². The maximum absolute atomic E-state index is 12.3. The van der Waals surface area contributed by atoms with Gasteiger partial charge in [0.1, 0.15) is 5.78 Å². The molecule has 1 saturated heterocycles. The second-order valence-corrected chi connectivity index (χ2v) is 13.1. The van der Waals surface area contributed by atoms with Crippen molar-refractivity contribution in [2.75, 3.05) is 62.0 Å². The fraction of sp³-hybridized carbons (Fsp3) is 0.914. The van der Waals surface area contributed by atoms with Gasteiger partial charge in [0.2, 0.25) is 0 Å². The number of nitrogens with zero attached hydrogens (tertiary/aromatic N) is 3.